The maximum absolute atomic E-state index is 11.8. The first kappa shape index (κ1) is 14.6. The zero-order chi connectivity index (χ0) is 13.7. The standard InChI is InChI=1S/C14H18Cl2N2O/c15-12-7-11(8-13(16)9-12)10-17-4-3-14(19)18-5-1-2-6-18/h7-9,17H,1-6,10H2. The molecule has 104 valence electrons. The van der Waals surface area contributed by atoms with Crippen molar-refractivity contribution in [2.24, 2.45) is 0 Å². The Morgan fingerprint density at radius 1 is 1.16 bits per heavy atom. The second-order valence-electron chi connectivity index (χ2n) is 4.79. The zero-order valence-corrected chi connectivity index (χ0v) is 12.3. The lowest BCUT2D eigenvalue weighted by Gasteiger charge is -2.15. The Morgan fingerprint density at radius 2 is 1.79 bits per heavy atom. The van der Waals surface area contributed by atoms with Crippen LogP contribution in [0.15, 0.2) is 18.2 Å². The van der Waals surface area contributed by atoms with Crippen molar-refractivity contribution in [3.05, 3.63) is 33.8 Å². The van der Waals surface area contributed by atoms with E-state index in [0.717, 1.165) is 31.5 Å². The van der Waals surface area contributed by atoms with Crippen LogP contribution in [0.5, 0.6) is 0 Å². The van der Waals surface area contributed by atoms with Crippen LogP contribution in [0.25, 0.3) is 0 Å². The number of rotatable bonds is 5. The number of amides is 1. The highest BCUT2D eigenvalue weighted by Crippen LogP contribution is 2.18. The maximum atomic E-state index is 11.8. The Labute approximate surface area is 123 Å². The Balaban J connectivity index is 1.70. The molecule has 1 heterocycles. The third-order valence-electron chi connectivity index (χ3n) is 3.23. The first-order chi connectivity index (χ1) is 9.15. The van der Waals surface area contributed by atoms with Gasteiger partial charge in [-0.05, 0) is 36.6 Å². The van der Waals surface area contributed by atoms with E-state index in [1.165, 1.54) is 0 Å². The van der Waals surface area contributed by atoms with Gasteiger partial charge >= 0.3 is 0 Å². The van der Waals surface area contributed by atoms with E-state index in [2.05, 4.69) is 5.32 Å². The molecule has 2 rings (SSSR count). The van der Waals surface area contributed by atoms with Crippen LogP contribution in [0.2, 0.25) is 10.0 Å². The van der Waals surface area contributed by atoms with E-state index in [4.69, 9.17) is 23.2 Å². The highest BCUT2D eigenvalue weighted by Gasteiger charge is 2.16. The number of hydrogen-bond acceptors (Lipinski definition) is 2. The normalized spacial score (nSPS) is 14.9. The van der Waals surface area contributed by atoms with Gasteiger partial charge in [-0.1, -0.05) is 23.2 Å². The summed E-state index contributed by atoms with van der Waals surface area (Å²) in [6.07, 6.45) is 2.83. The molecule has 3 nitrogen and oxygen atoms in total. The lowest BCUT2D eigenvalue weighted by molar-refractivity contribution is -0.130. The Morgan fingerprint density at radius 3 is 2.42 bits per heavy atom. The fourth-order valence-electron chi connectivity index (χ4n) is 2.27. The number of carbonyl (C=O) groups is 1. The molecule has 0 aromatic heterocycles. The minimum atomic E-state index is 0.245. The highest BCUT2D eigenvalue weighted by molar-refractivity contribution is 6.34. The number of nitrogens with one attached hydrogen (secondary N) is 1. The van der Waals surface area contributed by atoms with Crippen LogP contribution in [-0.2, 0) is 11.3 Å². The topological polar surface area (TPSA) is 32.3 Å². The molecular weight excluding hydrogens is 283 g/mol. The molecule has 1 aliphatic heterocycles. The monoisotopic (exact) mass is 300 g/mol. The first-order valence-electron chi connectivity index (χ1n) is 6.58. The number of benzene rings is 1. The number of hydrogen-bond donors (Lipinski definition) is 1. The van der Waals surface area contributed by atoms with Crippen molar-refractivity contribution in [3.8, 4) is 0 Å². The van der Waals surface area contributed by atoms with E-state index in [9.17, 15) is 4.79 Å². The molecule has 1 aromatic carbocycles. The summed E-state index contributed by atoms with van der Waals surface area (Å²) in [4.78, 5) is 13.8. The molecule has 0 spiro atoms. The first-order valence-corrected chi connectivity index (χ1v) is 7.34. The number of carbonyl (C=O) groups excluding carboxylic acids is 1. The average molecular weight is 301 g/mol. The van der Waals surface area contributed by atoms with Crippen molar-refractivity contribution in [2.45, 2.75) is 25.8 Å². The lowest BCUT2D eigenvalue weighted by atomic mass is 10.2. The summed E-state index contributed by atoms with van der Waals surface area (Å²) >= 11 is 11.9. The molecule has 0 atom stereocenters. The van der Waals surface area contributed by atoms with Gasteiger partial charge in [0.2, 0.25) is 5.91 Å². The van der Waals surface area contributed by atoms with Crippen molar-refractivity contribution in [2.75, 3.05) is 19.6 Å². The highest BCUT2D eigenvalue weighted by atomic mass is 35.5. The van der Waals surface area contributed by atoms with Crippen molar-refractivity contribution in [1.29, 1.82) is 0 Å². The molecular formula is C14H18Cl2N2O. The van der Waals surface area contributed by atoms with E-state index in [1.807, 2.05) is 17.0 Å². The van der Waals surface area contributed by atoms with Crippen molar-refractivity contribution < 1.29 is 4.79 Å². The largest absolute Gasteiger partial charge is 0.343 e. The predicted octanol–water partition coefficient (Wildman–Crippen LogP) is 3.10. The summed E-state index contributed by atoms with van der Waals surface area (Å²) in [6.45, 7) is 3.19. The van der Waals surface area contributed by atoms with Gasteiger partial charge < -0.3 is 10.2 Å². The van der Waals surface area contributed by atoms with Gasteiger partial charge in [-0.15, -0.1) is 0 Å². The fraction of sp³-hybridized carbons (Fsp3) is 0.500. The second-order valence-corrected chi connectivity index (χ2v) is 5.67. The summed E-state index contributed by atoms with van der Waals surface area (Å²) in [5.41, 5.74) is 1.03. The molecule has 0 unspecified atom stereocenters. The molecule has 0 bridgehead atoms. The van der Waals surface area contributed by atoms with Crippen LogP contribution in [0, 0.1) is 0 Å². The summed E-state index contributed by atoms with van der Waals surface area (Å²) in [6, 6.07) is 5.47. The maximum Gasteiger partial charge on any atom is 0.223 e. The molecule has 1 amide bonds. The van der Waals surface area contributed by atoms with Crippen molar-refractivity contribution in [1.82, 2.24) is 10.2 Å². The molecule has 0 saturated carbocycles. The minimum absolute atomic E-state index is 0.245. The van der Waals surface area contributed by atoms with Crippen LogP contribution >= 0.6 is 23.2 Å². The summed E-state index contributed by atoms with van der Waals surface area (Å²) in [7, 11) is 0. The van der Waals surface area contributed by atoms with Crippen LogP contribution in [-0.4, -0.2) is 30.4 Å². The molecule has 1 fully saturated rings. The molecule has 19 heavy (non-hydrogen) atoms. The van der Waals surface area contributed by atoms with Crippen LogP contribution in [0.4, 0.5) is 0 Å². The van der Waals surface area contributed by atoms with E-state index in [-0.39, 0.29) is 5.91 Å². The van der Waals surface area contributed by atoms with Gasteiger partial charge in [0.15, 0.2) is 0 Å². The van der Waals surface area contributed by atoms with E-state index in [0.29, 0.717) is 29.6 Å². The lowest BCUT2D eigenvalue weighted by Crippen LogP contribution is -2.30. The third kappa shape index (κ3) is 4.68. The molecule has 1 aliphatic rings. The van der Waals surface area contributed by atoms with Gasteiger partial charge in [0.05, 0.1) is 0 Å². The van der Waals surface area contributed by atoms with Gasteiger partial charge in [0.1, 0.15) is 0 Å². The Kier molecular flexibility index (Phi) is 5.49. The van der Waals surface area contributed by atoms with Crippen LogP contribution in [0.1, 0.15) is 24.8 Å². The van der Waals surface area contributed by atoms with Gasteiger partial charge in [-0.3, -0.25) is 4.79 Å². The third-order valence-corrected chi connectivity index (χ3v) is 3.66. The molecule has 1 N–H and O–H groups in total. The number of halogens is 2. The SMILES string of the molecule is O=C(CCNCc1cc(Cl)cc(Cl)c1)N1CCCC1. The average Bonchev–Trinajstić information content (AvgIpc) is 2.87. The van der Waals surface area contributed by atoms with E-state index < -0.39 is 0 Å². The number of nitrogens with zero attached hydrogens (tertiary/aromatic N) is 1. The van der Waals surface area contributed by atoms with Crippen molar-refractivity contribution in [3.63, 3.8) is 0 Å². The number of likely N-dealkylation sites (tertiary alicyclic amines) is 1. The molecule has 1 saturated heterocycles. The molecule has 0 aliphatic carbocycles. The van der Waals surface area contributed by atoms with Gasteiger partial charge in [-0.2, -0.15) is 0 Å². The van der Waals surface area contributed by atoms with E-state index in [1.54, 1.807) is 6.07 Å². The van der Waals surface area contributed by atoms with Crippen LogP contribution < -0.4 is 5.32 Å². The Hall–Kier alpha value is -0.770. The summed E-state index contributed by atoms with van der Waals surface area (Å²) in [5.74, 6) is 0.245. The quantitative estimate of drug-likeness (QED) is 0.848. The summed E-state index contributed by atoms with van der Waals surface area (Å²) in [5, 5.41) is 4.52. The van der Waals surface area contributed by atoms with E-state index >= 15 is 0 Å². The Bertz CT molecular complexity index is 425. The van der Waals surface area contributed by atoms with Crippen LogP contribution in [0.3, 0.4) is 0 Å². The molecule has 0 radical (unpaired) electrons. The van der Waals surface area contributed by atoms with Gasteiger partial charge in [-0.25, -0.2) is 0 Å². The second kappa shape index (κ2) is 7.13. The van der Waals surface area contributed by atoms with Gasteiger partial charge in [0.25, 0.3) is 0 Å². The fourth-order valence-corrected chi connectivity index (χ4v) is 2.84. The predicted molar refractivity (Wildman–Crippen MR) is 78.6 cm³/mol. The molecule has 5 heteroatoms. The summed E-state index contributed by atoms with van der Waals surface area (Å²) < 4.78 is 0. The van der Waals surface area contributed by atoms with Gasteiger partial charge in [0, 0.05) is 42.6 Å². The molecule has 1 aromatic rings. The zero-order valence-electron chi connectivity index (χ0n) is 10.8. The van der Waals surface area contributed by atoms with Crippen molar-refractivity contribution >= 4 is 29.1 Å². The minimum Gasteiger partial charge on any atom is -0.343 e. The smallest absolute Gasteiger partial charge is 0.223 e.